The molecule has 0 aliphatic heterocycles. The minimum atomic E-state index is -0.232. The fraction of sp³-hybridized carbons (Fsp3) is 0.0800. The van der Waals surface area contributed by atoms with Gasteiger partial charge in [-0.05, 0) is 42.8 Å². The van der Waals surface area contributed by atoms with Gasteiger partial charge < -0.3 is 4.98 Å². The Bertz CT molecular complexity index is 1400. The van der Waals surface area contributed by atoms with Gasteiger partial charge in [0.05, 0.1) is 16.4 Å². The third-order valence-corrected chi connectivity index (χ3v) is 7.41. The maximum atomic E-state index is 12.5. The Balaban J connectivity index is 1.20. The van der Waals surface area contributed by atoms with Crippen LogP contribution in [0.15, 0.2) is 82.2 Å². The van der Waals surface area contributed by atoms with Gasteiger partial charge in [-0.15, -0.1) is 11.3 Å². The summed E-state index contributed by atoms with van der Waals surface area (Å²) in [5, 5.41) is 5.25. The molecular weight excluding hydrogens is 436 g/mol. The quantitative estimate of drug-likeness (QED) is 0.183. The highest BCUT2D eigenvalue weighted by Gasteiger charge is 2.08. The van der Waals surface area contributed by atoms with Gasteiger partial charge in [-0.1, -0.05) is 54.2 Å². The molecule has 3 aromatic carbocycles. The fourth-order valence-electron chi connectivity index (χ4n) is 3.49. The normalized spacial score (nSPS) is 11.5. The zero-order valence-corrected chi connectivity index (χ0v) is 19.0. The van der Waals surface area contributed by atoms with E-state index < -0.39 is 0 Å². The molecule has 2 heterocycles. The van der Waals surface area contributed by atoms with E-state index in [1.54, 1.807) is 29.3 Å². The monoisotopic (exact) mass is 456 g/mol. The number of nitrogens with one attached hydrogen (secondary N) is 2. The average molecular weight is 457 g/mol. The third kappa shape index (κ3) is 4.30. The molecule has 158 valence electrons. The standard InChI is InChI=1S/C25H20N4OS2/c1-16-20(19-6-2-3-7-21(19)27-16)14-26-29-24(30)18-12-10-17(11-13-18)15-31-25-28-22-8-4-5-9-23(22)32-25/h2-14,27H,15H2,1H3,(H,29,30). The number of hydrazone groups is 1. The molecule has 32 heavy (non-hydrogen) atoms. The van der Waals surface area contributed by atoms with Gasteiger partial charge in [-0.2, -0.15) is 5.10 Å². The maximum Gasteiger partial charge on any atom is 0.271 e. The highest BCUT2D eigenvalue weighted by atomic mass is 32.2. The summed E-state index contributed by atoms with van der Waals surface area (Å²) in [4.78, 5) is 20.4. The first kappa shape index (κ1) is 20.5. The van der Waals surface area contributed by atoms with Crippen LogP contribution in [-0.4, -0.2) is 22.1 Å². The number of aromatic nitrogens is 2. The van der Waals surface area contributed by atoms with Gasteiger partial charge >= 0.3 is 0 Å². The Hall–Kier alpha value is -3.42. The van der Waals surface area contributed by atoms with Crippen LogP contribution in [0.25, 0.3) is 21.1 Å². The van der Waals surface area contributed by atoms with Gasteiger partial charge in [-0.3, -0.25) is 4.79 Å². The zero-order chi connectivity index (χ0) is 21.9. The molecule has 0 saturated carbocycles. The van der Waals surface area contributed by atoms with Crippen molar-refractivity contribution in [2.45, 2.75) is 17.0 Å². The number of hydrogen-bond donors (Lipinski definition) is 2. The number of nitrogens with zero attached hydrogens (tertiary/aromatic N) is 2. The molecule has 0 saturated heterocycles. The van der Waals surface area contributed by atoms with Crippen LogP contribution >= 0.6 is 23.1 Å². The minimum Gasteiger partial charge on any atom is -0.358 e. The van der Waals surface area contributed by atoms with Gasteiger partial charge in [0.15, 0.2) is 4.34 Å². The van der Waals surface area contributed by atoms with Crippen molar-refractivity contribution in [3.8, 4) is 0 Å². The number of thioether (sulfide) groups is 1. The van der Waals surface area contributed by atoms with E-state index in [1.165, 1.54) is 4.70 Å². The highest BCUT2D eigenvalue weighted by molar-refractivity contribution is 8.00. The van der Waals surface area contributed by atoms with Crippen LogP contribution in [0.3, 0.4) is 0 Å². The number of aromatic amines is 1. The van der Waals surface area contributed by atoms with Crippen LogP contribution in [0.5, 0.6) is 0 Å². The number of carbonyl (C=O) groups excluding carboxylic acids is 1. The number of amides is 1. The van der Waals surface area contributed by atoms with E-state index in [9.17, 15) is 4.79 Å². The molecule has 1 amide bonds. The minimum absolute atomic E-state index is 0.232. The number of hydrogen-bond acceptors (Lipinski definition) is 5. The third-order valence-electron chi connectivity index (χ3n) is 5.16. The Morgan fingerprint density at radius 3 is 2.72 bits per heavy atom. The number of aryl methyl sites for hydroxylation is 1. The first-order chi connectivity index (χ1) is 15.7. The molecule has 5 aromatic rings. The van der Waals surface area contributed by atoms with Crippen molar-refractivity contribution in [3.05, 3.63) is 95.2 Å². The summed E-state index contributed by atoms with van der Waals surface area (Å²) in [7, 11) is 0. The molecule has 5 rings (SSSR count). The van der Waals surface area contributed by atoms with Gasteiger partial charge in [0.2, 0.25) is 0 Å². The van der Waals surface area contributed by atoms with Crippen molar-refractivity contribution in [1.82, 2.24) is 15.4 Å². The summed E-state index contributed by atoms with van der Waals surface area (Å²) in [6.07, 6.45) is 1.69. The van der Waals surface area contributed by atoms with E-state index in [-0.39, 0.29) is 5.91 Å². The largest absolute Gasteiger partial charge is 0.358 e. The lowest BCUT2D eigenvalue weighted by Gasteiger charge is -2.03. The second-order valence-corrected chi connectivity index (χ2v) is 9.59. The second-order valence-electron chi connectivity index (χ2n) is 7.34. The van der Waals surface area contributed by atoms with E-state index in [4.69, 9.17) is 0 Å². The Labute approximate surface area is 193 Å². The van der Waals surface area contributed by atoms with Gasteiger partial charge in [0.1, 0.15) is 0 Å². The van der Waals surface area contributed by atoms with Crippen LogP contribution in [0.2, 0.25) is 0 Å². The molecule has 2 aromatic heterocycles. The van der Waals surface area contributed by atoms with Crippen LogP contribution < -0.4 is 5.43 Å². The second kappa shape index (κ2) is 8.98. The Morgan fingerprint density at radius 1 is 1.09 bits per heavy atom. The summed E-state index contributed by atoms with van der Waals surface area (Å²) in [6.45, 7) is 1.99. The maximum absolute atomic E-state index is 12.5. The molecule has 0 spiro atoms. The van der Waals surface area contributed by atoms with Crippen LogP contribution in [0.4, 0.5) is 0 Å². The van der Waals surface area contributed by atoms with E-state index in [0.717, 1.165) is 43.3 Å². The lowest BCUT2D eigenvalue weighted by molar-refractivity contribution is 0.0955. The molecular formula is C25H20N4OS2. The van der Waals surface area contributed by atoms with Crippen LogP contribution in [0.1, 0.15) is 27.2 Å². The summed E-state index contributed by atoms with van der Waals surface area (Å²) in [5.74, 6) is 0.573. The van der Waals surface area contributed by atoms with Gasteiger partial charge in [0.25, 0.3) is 5.91 Å². The van der Waals surface area contributed by atoms with Crippen molar-refractivity contribution in [1.29, 1.82) is 0 Å². The predicted molar refractivity (Wildman–Crippen MR) is 134 cm³/mol. The number of rotatable bonds is 6. The molecule has 0 bridgehead atoms. The molecule has 0 radical (unpaired) electrons. The van der Waals surface area contributed by atoms with Crippen molar-refractivity contribution in [2.24, 2.45) is 5.10 Å². The number of H-pyrrole nitrogens is 1. The number of carbonyl (C=O) groups is 1. The molecule has 2 N–H and O–H groups in total. The van der Waals surface area contributed by atoms with E-state index in [0.29, 0.717) is 5.56 Å². The average Bonchev–Trinajstić information content (AvgIpc) is 3.38. The number of para-hydroxylation sites is 2. The van der Waals surface area contributed by atoms with Gasteiger partial charge in [0, 0.05) is 33.5 Å². The molecule has 7 heteroatoms. The van der Waals surface area contributed by atoms with Crippen LogP contribution in [0, 0.1) is 6.92 Å². The topological polar surface area (TPSA) is 70.1 Å². The zero-order valence-electron chi connectivity index (χ0n) is 17.3. The van der Waals surface area contributed by atoms with Crippen molar-refractivity contribution < 1.29 is 4.79 Å². The Morgan fingerprint density at radius 2 is 1.88 bits per heavy atom. The number of fused-ring (bicyclic) bond motifs is 2. The lowest BCUT2D eigenvalue weighted by Crippen LogP contribution is -2.17. The van der Waals surface area contributed by atoms with Crippen LogP contribution in [-0.2, 0) is 5.75 Å². The molecule has 5 nitrogen and oxygen atoms in total. The first-order valence-corrected chi connectivity index (χ1v) is 12.0. The summed E-state index contributed by atoms with van der Waals surface area (Å²) < 4.78 is 2.25. The highest BCUT2D eigenvalue weighted by Crippen LogP contribution is 2.31. The SMILES string of the molecule is Cc1[nH]c2ccccc2c1C=NNC(=O)c1ccc(CSc2nc3ccccc3s2)cc1. The smallest absolute Gasteiger partial charge is 0.271 e. The number of thiazole rings is 1. The Kier molecular flexibility index (Phi) is 5.75. The van der Waals surface area contributed by atoms with Crippen molar-refractivity contribution >= 4 is 56.3 Å². The summed E-state index contributed by atoms with van der Waals surface area (Å²) in [5.41, 5.74) is 8.42. The van der Waals surface area contributed by atoms with E-state index in [2.05, 4.69) is 26.6 Å². The van der Waals surface area contributed by atoms with E-state index >= 15 is 0 Å². The first-order valence-electron chi connectivity index (χ1n) is 10.2. The van der Waals surface area contributed by atoms with Crippen molar-refractivity contribution in [2.75, 3.05) is 0 Å². The molecule has 0 aliphatic carbocycles. The van der Waals surface area contributed by atoms with Gasteiger partial charge in [-0.25, -0.2) is 10.4 Å². The predicted octanol–water partition coefficient (Wildman–Crippen LogP) is 6.14. The molecule has 0 atom stereocenters. The fourth-order valence-corrected chi connectivity index (χ4v) is 5.52. The van der Waals surface area contributed by atoms with E-state index in [1.807, 2.05) is 73.7 Å². The molecule has 0 unspecified atom stereocenters. The van der Waals surface area contributed by atoms with Crippen molar-refractivity contribution in [3.63, 3.8) is 0 Å². The number of benzene rings is 3. The summed E-state index contributed by atoms with van der Waals surface area (Å²) in [6, 6.07) is 23.8. The summed E-state index contributed by atoms with van der Waals surface area (Å²) >= 11 is 3.41. The lowest BCUT2D eigenvalue weighted by atomic mass is 10.1. The molecule has 0 fully saturated rings. The molecule has 0 aliphatic rings.